The van der Waals surface area contributed by atoms with Gasteiger partial charge in [0, 0.05) is 23.2 Å². The molecule has 0 radical (unpaired) electrons. The van der Waals surface area contributed by atoms with Crippen LogP contribution in [0, 0.1) is 17.7 Å². The van der Waals surface area contributed by atoms with Gasteiger partial charge in [-0.1, -0.05) is 13.8 Å². The van der Waals surface area contributed by atoms with Crippen molar-refractivity contribution in [1.29, 1.82) is 0 Å². The molecule has 1 aromatic heterocycles. The summed E-state index contributed by atoms with van der Waals surface area (Å²) in [7, 11) is 1.57. The molecule has 6 heteroatoms. The lowest BCUT2D eigenvalue weighted by Crippen LogP contribution is -2.21. The number of fused-ring (bicyclic) bond motifs is 1. The molecule has 1 saturated carbocycles. The van der Waals surface area contributed by atoms with E-state index in [1.165, 1.54) is 37.1 Å². The lowest BCUT2D eigenvalue weighted by atomic mass is 9.80. The van der Waals surface area contributed by atoms with Crippen LogP contribution < -0.4 is 10.1 Å². The number of ether oxygens (including phenoxy) is 1. The zero-order valence-corrected chi connectivity index (χ0v) is 17.7. The van der Waals surface area contributed by atoms with Crippen molar-refractivity contribution in [2.75, 3.05) is 12.4 Å². The molecule has 1 aliphatic rings. The molecule has 158 valence electrons. The predicted octanol–water partition coefficient (Wildman–Crippen LogP) is 5.82. The minimum absolute atomic E-state index is 0.313. The first-order valence-electron chi connectivity index (χ1n) is 10.6. The molecule has 0 aliphatic heterocycles. The van der Waals surface area contributed by atoms with Crippen molar-refractivity contribution in [1.82, 2.24) is 9.78 Å². The molecule has 0 unspecified atom stereocenters. The van der Waals surface area contributed by atoms with Gasteiger partial charge in [0.05, 0.1) is 24.4 Å². The molecule has 5 nitrogen and oxygen atoms in total. The highest BCUT2D eigenvalue weighted by Gasteiger charge is 2.25. The Morgan fingerprint density at radius 1 is 1.17 bits per heavy atom. The molecule has 2 aromatic carbocycles. The third-order valence-corrected chi connectivity index (χ3v) is 6.26. The molecule has 0 atom stereocenters. The van der Waals surface area contributed by atoms with Gasteiger partial charge in [0.15, 0.2) is 0 Å². The first kappa shape index (κ1) is 20.4. The number of nitrogens with one attached hydrogen (secondary N) is 1. The Kier molecular flexibility index (Phi) is 5.75. The smallest absolute Gasteiger partial charge is 0.255 e. The average Bonchev–Trinajstić information content (AvgIpc) is 3.16. The van der Waals surface area contributed by atoms with Crippen molar-refractivity contribution in [3.05, 3.63) is 54.0 Å². The maximum absolute atomic E-state index is 13.1. The Morgan fingerprint density at radius 3 is 2.50 bits per heavy atom. The van der Waals surface area contributed by atoms with Crippen LogP contribution in [0.25, 0.3) is 10.9 Å². The fourth-order valence-electron chi connectivity index (χ4n) is 4.35. The number of hydrogen-bond donors (Lipinski definition) is 1. The Balaban J connectivity index is 1.56. The molecule has 1 N–H and O–H groups in total. The summed E-state index contributed by atoms with van der Waals surface area (Å²) in [5.41, 5.74) is 1.80. The minimum atomic E-state index is -0.375. The van der Waals surface area contributed by atoms with E-state index >= 15 is 0 Å². The van der Waals surface area contributed by atoms with Crippen LogP contribution in [0.15, 0.2) is 42.6 Å². The number of nitrogens with zero attached hydrogens (tertiary/aromatic N) is 2. The molecular weight excluding hydrogens is 381 g/mol. The SMILES string of the molecule is COc1cc2nn([C@H]3CC[C@H](C(C)C)CC3)cc2cc1NC(=O)c1ccc(F)cc1. The van der Waals surface area contributed by atoms with Gasteiger partial charge in [-0.15, -0.1) is 0 Å². The van der Waals surface area contributed by atoms with Crippen LogP contribution >= 0.6 is 0 Å². The van der Waals surface area contributed by atoms with Crippen molar-refractivity contribution in [3.63, 3.8) is 0 Å². The third kappa shape index (κ3) is 4.18. The van der Waals surface area contributed by atoms with E-state index in [0.717, 1.165) is 35.6 Å². The lowest BCUT2D eigenvalue weighted by molar-refractivity contribution is 0.102. The molecule has 1 heterocycles. The molecule has 3 aromatic rings. The van der Waals surface area contributed by atoms with Gasteiger partial charge < -0.3 is 10.1 Å². The quantitative estimate of drug-likeness (QED) is 0.577. The van der Waals surface area contributed by atoms with Crippen molar-refractivity contribution < 1.29 is 13.9 Å². The molecule has 0 saturated heterocycles. The maximum atomic E-state index is 13.1. The monoisotopic (exact) mass is 409 g/mol. The van der Waals surface area contributed by atoms with Crippen LogP contribution in [0.5, 0.6) is 5.75 Å². The van der Waals surface area contributed by atoms with Crippen molar-refractivity contribution in [2.24, 2.45) is 11.8 Å². The predicted molar refractivity (Wildman–Crippen MR) is 116 cm³/mol. The number of carbonyl (C=O) groups is 1. The zero-order valence-electron chi connectivity index (χ0n) is 17.7. The number of carbonyl (C=O) groups excluding carboxylic acids is 1. The number of halogens is 1. The van der Waals surface area contributed by atoms with Crippen LogP contribution in [0.4, 0.5) is 10.1 Å². The molecular formula is C24H28FN3O2. The molecule has 1 fully saturated rings. The standard InChI is InChI=1S/C24H28FN3O2/c1-15(2)16-6-10-20(11-7-16)28-14-18-12-22(23(30-3)13-21(18)27-28)26-24(29)17-4-8-19(25)9-5-17/h4-5,8-9,12-16,20H,6-7,10-11H2,1-3H3,(H,26,29)/t16-,20-. The average molecular weight is 410 g/mol. The summed E-state index contributed by atoms with van der Waals surface area (Å²) in [6.07, 6.45) is 6.81. The van der Waals surface area contributed by atoms with Gasteiger partial charge in [0.1, 0.15) is 11.6 Å². The van der Waals surface area contributed by atoms with Crippen molar-refractivity contribution in [2.45, 2.75) is 45.6 Å². The normalized spacial score (nSPS) is 19.2. The molecule has 4 rings (SSSR count). The van der Waals surface area contributed by atoms with E-state index in [1.54, 1.807) is 7.11 Å². The highest BCUT2D eigenvalue weighted by molar-refractivity contribution is 6.06. The van der Waals surface area contributed by atoms with Gasteiger partial charge in [-0.25, -0.2) is 4.39 Å². The van der Waals surface area contributed by atoms with Gasteiger partial charge in [-0.3, -0.25) is 9.48 Å². The highest BCUT2D eigenvalue weighted by atomic mass is 19.1. The van der Waals surface area contributed by atoms with E-state index in [2.05, 4.69) is 30.0 Å². The topological polar surface area (TPSA) is 56.1 Å². The zero-order chi connectivity index (χ0) is 21.3. The van der Waals surface area contributed by atoms with Crippen molar-refractivity contribution in [3.8, 4) is 5.75 Å². The minimum Gasteiger partial charge on any atom is -0.494 e. The summed E-state index contributed by atoms with van der Waals surface area (Å²) in [5, 5.41) is 8.61. The van der Waals surface area contributed by atoms with Gasteiger partial charge in [-0.05, 0) is 67.9 Å². The van der Waals surface area contributed by atoms with Gasteiger partial charge in [0.25, 0.3) is 5.91 Å². The Morgan fingerprint density at radius 2 is 1.87 bits per heavy atom. The van der Waals surface area contributed by atoms with Crippen LogP contribution in [0.1, 0.15) is 55.9 Å². The second-order valence-corrected chi connectivity index (χ2v) is 8.49. The molecule has 1 aliphatic carbocycles. The number of aromatic nitrogens is 2. The van der Waals surface area contributed by atoms with Crippen molar-refractivity contribution >= 4 is 22.5 Å². The van der Waals surface area contributed by atoms with Gasteiger partial charge >= 0.3 is 0 Å². The molecule has 0 spiro atoms. The highest BCUT2D eigenvalue weighted by Crippen LogP contribution is 2.37. The van der Waals surface area contributed by atoms with E-state index in [9.17, 15) is 9.18 Å². The second kappa shape index (κ2) is 8.46. The van der Waals surface area contributed by atoms with E-state index < -0.39 is 0 Å². The Bertz CT molecular complexity index is 1030. The molecule has 1 amide bonds. The largest absolute Gasteiger partial charge is 0.494 e. The summed E-state index contributed by atoms with van der Waals surface area (Å²) in [6, 6.07) is 9.61. The summed E-state index contributed by atoms with van der Waals surface area (Å²) in [4.78, 5) is 12.6. The maximum Gasteiger partial charge on any atom is 0.255 e. The van der Waals surface area contributed by atoms with Gasteiger partial charge in [0.2, 0.25) is 0 Å². The first-order valence-corrected chi connectivity index (χ1v) is 10.6. The fraction of sp³-hybridized carbons (Fsp3) is 0.417. The second-order valence-electron chi connectivity index (χ2n) is 8.49. The van der Waals surface area contributed by atoms with Gasteiger partial charge in [-0.2, -0.15) is 5.10 Å². The summed E-state index contributed by atoms with van der Waals surface area (Å²) < 4.78 is 20.7. The Hall–Kier alpha value is -2.89. The van der Waals surface area contributed by atoms with E-state index in [0.29, 0.717) is 23.0 Å². The van der Waals surface area contributed by atoms with E-state index in [-0.39, 0.29) is 11.7 Å². The summed E-state index contributed by atoms with van der Waals surface area (Å²) in [5.74, 6) is 1.40. The summed E-state index contributed by atoms with van der Waals surface area (Å²) in [6.45, 7) is 4.61. The first-order chi connectivity index (χ1) is 14.4. The summed E-state index contributed by atoms with van der Waals surface area (Å²) >= 11 is 0. The van der Waals surface area contributed by atoms with Crippen LogP contribution in [-0.4, -0.2) is 22.8 Å². The van der Waals surface area contributed by atoms with Crippen LogP contribution in [0.3, 0.4) is 0 Å². The van der Waals surface area contributed by atoms with E-state index in [1.807, 2.05) is 12.1 Å². The number of hydrogen-bond acceptors (Lipinski definition) is 3. The number of methoxy groups -OCH3 is 1. The Labute approximate surface area is 176 Å². The number of benzene rings is 2. The number of amides is 1. The van der Waals surface area contributed by atoms with Crippen LogP contribution in [0.2, 0.25) is 0 Å². The third-order valence-electron chi connectivity index (χ3n) is 6.26. The number of anilines is 1. The lowest BCUT2D eigenvalue weighted by Gasteiger charge is -2.30. The van der Waals surface area contributed by atoms with Crippen LogP contribution in [-0.2, 0) is 0 Å². The van der Waals surface area contributed by atoms with E-state index in [4.69, 9.17) is 9.84 Å². The molecule has 30 heavy (non-hydrogen) atoms. The fourth-order valence-corrected chi connectivity index (χ4v) is 4.35. The number of rotatable bonds is 5. The molecule has 0 bridgehead atoms.